The highest BCUT2D eigenvalue weighted by molar-refractivity contribution is 9.09. The molecule has 0 aromatic heterocycles. The Bertz CT molecular complexity index is 246. The standard InChI is InChI=1S/C14H24BrF5S/c15-10-6-4-2-1-3-5-7-11-21-12-8-9-13(16,17)14(18,19)20/h1-12H2. The van der Waals surface area contributed by atoms with Crippen molar-refractivity contribution >= 4 is 27.7 Å². The minimum atomic E-state index is -5.41. The molecule has 128 valence electrons. The summed E-state index contributed by atoms with van der Waals surface area (Å²) in [6.07, 6.45) is 1.60. The van der Waals surface area contributed by atoms with E-state index in [0.717, 1.165) is 23.9 Å². The van der Waals surface area contributed by atoms with Crippen molar-refractivity contribution in [2.24, 2.45) is 0 Å². The van der Waals surface area contributed by atoms with Crippen LogP contribution < -0.4 is 0 Å². The largest absolute Gasteiger partial charge is 0.453 e. The van der Waals surface area contributed by atoms with Crippen LogP contribution in [0.3, 0.4) is 0 Å². The number of alkyl halides is 6. The fourth-order valence-corrected chi connectivity index (χ4v) is 3.18. The van der Waals surface area contributed by atoms with Crippen LogP contribution in [-0.2, 0) is 0 Å². The maximum atomic E-state index is 12.6. The first-order chi connectivity index (χ1) is 9.81. The monoisotopic (exact) mass is 398 g/mol. The van der Waals surface area contributed by atoms with Gasteiger partial charge >= 0.3 is 12.1 Å². The minimum Gasteiger partial charge on any atom is -0.196 e. The molecule has 0 N–H and O–H groups in total. The van der Waals surface area contributed by atoms with Gasteiger partial charge < -0.3 is 0 Å². The van der Waals surface area contributed by atoms with Gasteiger partial charge in [0.25, 0.3) is 0 Å². The molecule has 0 unspecified atom stereocenters. The molecule has 0 aliphatic rings. The molecule has 7 heteroatoms. The highest BCUT2D eigenvalue weighted by atomic mass is 79.9. The zero-order valence-corrected chi connectivity index (χ0v) is 14.6. The lowest BCUT2D eigenvalue weighted by Gasteiger charge is -2.19. The molecule has 0 aromatic rings. The van der Waals surface area contributed by atoms with Gasteiger partial charge in [-0.1, -0.05) is 48.0 Å². The quantitative estimate of drug-likeness (QED) is 0.186. The molecule has 0 bridgehead atoms. The van der Waals surface area contributed by atoms with Gasteiger partial charge in [0, 0.05) is 11.8 Å². The molecule has 0 saturated carbocycles. The predicted octanol–water partition coefficient (Wildman–Crippen LogP) is 6.82. The molecule has 0 spiro atoms. The fraction of sp³-hybridized carbons (Fsp3) is 1.00. The molecule has 0 amide bonds. The number of unbranched alkanes of at least 4 members (excludes halogenated alkanes) is 6. The van der Waals surface area contributed by atoms with Crippen molar-refractivity contribution < 1.29 is 22.0 Å². The second-order valence-corrected chi connectivity index (χ2v) is 7.10. The Kier molecular flexibility index (Phi) is 12.2. The average Bonchev–Trinajstić information content (AvgIpc) is 2.38. The molecular weight excluding hydrogens is 375 g/mol. The molecule has 0 aliphatic heterocycles. The summed E-state index contributed by atoms with van der Waals surface area (Å²) < 4.78 is 60.9. The lowest BCUT2D eigenvalue weighted by molar-refractivity contribution is -0.284. The van der Waals surface area contributed by atoms with Crippen molar-refractivity contribution in [2.75, 3.05) is 16.8 Å². The summed E-state index contributed by atoms with van der Waals surface area (Å²) >= 11 is 4.85. The Labute approximate surface area is 136 Å². The Balaban J connectivity index is 3.30. The van der Waals surface area contributed by atoms with E-state index in [0.29, 0.717) is 5.75 Å². The maximum absolute atomic E-state index is 12.6. The van der Waals surface area contributed by atoms with E-state index in [4.69, 9.17) is 0 Å². The van der Waals surface area contributed by atoms with Crippen molar-refractivity contribution in [3.63, 3.8) is 0 Å². The first-order valence-corrected chi connectivity index (χ1v) is 9.67. The highest BCUT2D eigenvalue weighted by Crippen LogP contribution is 2.39. The molecule has 0 aromatic carbocycles. The summed E-state index contributed by atoms with van der Waals surface area (Å²) in [6, 6.07) is 0. The number of halogens is 6. The minimum absolute atomic E-state index is 0.0935. The number of rotatable bonds is 13. The Hall–Kier alpha value is 0.480. The van der Waals surface area contributed by atoms with Crippen molar-refractivity contribution in [3.8, 4) is 0 Å². The normalized spacial score (nSPS) is 12.9. The zero-order valence-electron chi connectivity index (χ0n) is 12.2. The van der Waals surface area contributed by atoms with E-state index in [2.05, 4.69) is 15.9 Å². The van der Waals surface area contributed by atoms with Gasteiger partial charge in [-0.05, 0) is 30.8 Å². The summed E-state index contributed by atoms with van der Waals surface area (Å²) in [5.41, 5.74) is 0. The van der Waals surface area contributed by atoms with E-state index in [1.165, 1.54) is 43.9 Å². The molecule has 0 heterocycles. The van der Waals surface area contributed by atoms with Gasteiger partial charge in [-0.25, -0.2) is 0 Å². The Morgan fingerprint density at radius 1 is 0.667 bits per heavy atom. The fourth-order valence-electron chi connectivity index (χ4n) is 1.82. The summed E-state index contributed by atoms with van der Waals surface area (Å²) in [5, 5.41) is 1.05. The predicted molar refractivity (Wildman–Crippen MR) is 83.7 cm³/mol. The van der Waals surface area contributed by atoms with E-state index in [9.17, 15) is 22.0 Å². The third-order valence-corrected chi connectivity index (χ3v) is 4.83. The zero-order chi connectivity index (χ0) is 16.2. The van der Waals surface area contributed by atoms with Gasteiger partial charge in [0.05, 0.1) is 0 Å². The van der Waals surface area contributed by atoms with E-state index in [1.54, 1.807) is 0 Å². The van der Waals surface area contributed by atoms with E-state index >= 15 is 0 Å². The van der Waals surface area contributed by atoms with Crippen LogP contribution in [0.4, 0.5) is 22.0 Å². The molecule has 0 radical (unpaired) electrons. The SMILES string of the molecule is FC(F)(F)C(F)(F)CCCSCCCCCCCCCBr. The Morgan fingerprint density at radius 2 is 1.14 bits per heavy atom. The second kappa shape index (κ2) is 12.0. The summed E-state index contributed by atoms with van der Waals surface area (Å²) in [6.45, 7) is 0. The molecule has 0 saturated heterocycles. The average molecular weight is 399 g/mol. The Morgan fingerprint density at radius 3 is 1.67 bits per heavy atom. The van der Waals surface area contributed by atoms with Gasteiger partial charge in [-0.3, -0.25) is 0 Å². The van der Waals surface area contributed by atoms with E-state index < -0.39 is 18.5 Å². The van der Waals surface area contributed by atoms with Gasteiger partial charge in [-0.2, -0.15) is 33.7 Å². The van der Waals surface area contributed by atoms with Crippen molar-refractivity contribution in [3.05, 3.63) is 0 Å². The molecule has 0 atom stereocenters. The molecular formula is C14H24BrF5S. The topological polar surface area (TPSA) is 0 Å². The van der Waals surface area contributed by atoms with E-state index in [-0.39, 0.29) is 6.42 Å². The maximum Gasteiger partial charge on any atom is 0.453 e. The van der Waals surface area contributed by atoms with Crippen LogP contribution in [-0.4, -0.2) is 28.9 Å². The van der Waals surface area contributed by atoms with Crippen LogP contribution in [0.15, 0.2) is 0 Å². The van der Waals surface area contributed by atoms with Gasteiger partial charge in [0.1, 0.15) is 0 Å². The van der Waals surface area contributed by atoms with Gasteiger partial charge in [0.15, 0.2) is 0 Å². The lowest BCUT2D eigenvalue weighted by atomic mass is 10.1. The smallest absolute Gasteiger partial charge is 0.196 e. The second-order valence-electron chi connectivity index (χ2n) is 5.08. The summed E-state index contributed by atoms with van der Waals surface area (Å²) in [7, 11) is 0. The van der Waals surface area contributed by atoms with Crippen LogP contribution in [0.5, 0.6) is 0 Å². The van der Waals surface area contributed by atoms with Crippen LogP contribution in [0, 0.1) is 0 Å². The van der Waals surface area contributed by atoms with Gasteiger partial charge in [-0.15, -0.1) is 0 Å². The van der Waals surface area contributed by atoms with Crippen LogP contribution >= 0.6 is 27.7 Å². The first kappa shape index (κ1) is 21.5. The number of hydrogen-bond acceptors (Lipinski definition) is 1. The molecule has 0 nitrogen and oxygen atoms in total. The summed E-state index contributed by atoms with van der Waals surface area (Å²) in [4.78, 5) is 0. The van der Waals surface area contributed by atoms with Gasteiger partial charge in [0.2, 0.25) is 0 Å². The molecule has 0 aliphatic carbocycles. The van der Waals surface area contributed by atoms with Crippen LogP contribution in [0.25, 0.3) is 0 Å². The summed E-state index contributed by atoms with van der Waals surface area (Å²) in [5.74, 6) is -3.32. The third kappa shape index (κ3) is 11.7. The number of hydrogen-bond donors (Lipinski definition) is 0. The molecule has 0 rings (SSSR count). The lowest BCUT2D eigenvalue weighted by Crippen LogP contribution is -2.36. The van der Waals surface area contributed by atoms with Crippen molar-refractivity contribution in [2.45, 2.75) is 69.9 Å². The van der Waals surface area contributed by atoms with Crippen molar-refractivity contribution in [1.82, 2.24) is 0 Å². The van der Waals surface area contributed by atoms with E-state index in [1.807, 2.05) is 0 Å². The van der Waals surface area contributed by atoms with Crippen molar-refractivity contribution in [1.29, 1.82) is 0 Å². The highest BCUT2D eigenvalue weighted by Gasteiger charge is 2.56. The van der Waals surface area contributed by atoms with Crippen LogP contribution in [0.1, 0.15) is 57.8 Å². The number of thioether (sulfide) groups is 1. The third-order valence-electron chi connectivity index (χ3n) is 3.12. The first-order valence-electron chi connectivity index (χ1n) is 7.39. The van der Waals surface area contributed by atoms with Crippen LogP contribution in [0.2, 0.25) is 0 Å². The molecule has 21 heavy (non-hydrogen) atoms. The molecule has 0 fully saturated rings.